The van der Waals surface area contributed by atoms with E-state index in [2.05, 4.69) is 15.4 Å². The smallest absolute Gasteiger partial charge is 0.407 e. The average Bonchev–Trinajstić information content (AvgIpc) is 2.44. The largest absolute Gasteiger partial charge is 0.495 e. The Bertz CT molecular complexity index is 514. The summed E-state index contributed by atoms with van der Waals surface area (Å²) in [6, 6.07) is 4.79. The molecule has 0 aliphatic carbocycles. The van der Waals surface area contributed by atoms with Crippen LogP contribution in [-0.4, -0.2) is 32.3 Å². The van der Waals surface area contributed by atoms with Gasteiger partial charge in [0.2, 0.25) is 5.91 Å². The molecule has 0 aliphatic heterocycles. The van der Waals surface area contributed by atoms with Crippen molar-refractivity contribution in [3.8, 4) is 5.75 Å². The van der Waals surface area contributed by atoms with Gasteiger partial charge in [-0.1, -0.05) is 19.9 Å². The van der Waals surface area contributed by atoms with Crippen LogP contribution in [0.5, 0.6) is 5.75 Å². The molecule has 1 rings (SSSR count). The minimum atomic E-state index is -0.692. The fourth-order valence-electron chi connectivity index (χ4n) is 1.85. The fourth-order valence-corrected chi connectivity index (χ4v) is 1.85. The van der Waals surface area contributed by atoms with Crippen molar-refractivity contribution >= 4 is 17.7 Å². The summed E-state index contributed by atoms with van der Waals surface area (Å²) in [5.41, 5.74) is 1.56. The molecule has 116 valence electrons. The number of rotatable bonds is 5. The first-order valence-corrected chi connectivity index (χ1v) is 6.69. The number of methoxy groups -OCH3 is 2. The lowest BCUT2D eigenvalue weighted by atomic mass is 10.0. The van der Waals surface area contributed by atoms with E-state index in [9.17, 15) is 9.59 Å². The van der Waals surface area contributed by atoms with Crippen molar-refractivity contribution in [1.82, 2.24) is 5.32 Å². The summed E-state index contributed by atoms with van der Waals surface area (Å²) in [6.45, 7) is 5.60. The Labute approximate surface area is 124 Å². The second kappa shape index (κ2) is 7.52. The van der Waals surface area contributed by atoms with Crippen LogP contribution in [0.15, 0.2) is 18.2 Å². The zero-order valence-electron chi connectivity index (χ0n) is 13.0. The molecule has 1 aromatic rings. The van der Waals surface area contributed by atoms with Crippen molar-refractivity contribution in [3.05, 3.63) is 23.8 Å². The zero-order valence-corrected chi connectivity index (χ0v) is 13.0. The average molecular weight is 294 g/mol. The Kier molecular flexibility index (Phi) is 6.02. The molecule has 0 saturated carbocycles. The molecule has 0 aliphatic rings. The quantitative estimate of drug-likeness (QED) is 0.873. The summed E-state index contributed by atoms with van der Waals surface area (Å²) in [5, 5.41) is 5.30. The number of carbonyl (C=O) groups is 2. The lowest BCUT2D eigenvalue weighted by Gasteiger charge is -2.21. The van der Waals surface area contributed by atoms with Gasteiger partial charge in [0.05, 0.1) is 19.9 Å². The first-order valence-electron chi connectivity index (χ1n) is 6.69. The number of alkyl carbamates (subject to hydrolysis) is 1. The minimum Gasteiger partial charge on any atom is -0.495 e. The van der Waals surface area contributed by atoms with Crippen LogP contribution in [0.1, 0.15) is 19.4 Å². The molecule has 1 aromatic carbocycles. The van der Waals surface area contributed by atoms with Gasteiger partial charge < -0.3 is 20.1 Å². The number of anilines is 1. The molecule has 0 fully saturated rings. The van der Waals surface area contributed by atoms with Crippen molar-refractivity contribution in [3.63, 3.8) is 0 Å². The number of ether oxygens (including phenoxy) is 2. The monoisotopic (exact) mass is 294 g/mol. The molecule has 2 amide bonds. The Hall–Kier alpha value is -2.24. The molecule has 0 bridgehead atoms. The Morgan fingerprint density at radius 2 is 1.86 bits per heavy atom. The third kappa shape index (κ3) is 4.66. The molecule has 0 aromatic heterocycles. The molecular formula is C15H22N2O4. The maximum atomic E-state index is 12.3. The molecule has 0 saturated heterocycles. The van der Waals surface area contributed by atoms with E-state index >= 15 is 0 Å². The summed E-state index contributed by atoms with van der Waals surface area (Å²) in [5.74, 6) is 0.161. The van der Waals surface area contributed by atoms with Gasteiger partial charge in [-0.2, -0.15) is 0 Å². The standard InChI is InChI=1S/C15H22N2O4/c1-9(2)13(17-15(19)21-5)14(18)16-11-8-10(3)6-7-12(11)20-4/h6-9,13H,1-5H3,(H,16,18)(H,17,19)/t13-/m0/s1. The van der Waals surface area contributed by atoms with Crippen LogP contribution in [0.3, 0.4) is 0 Å². The summed E-state index contributed by atoms with van der Waals surface area (Å²) in [7, 11) is 2.79. The van der Waals surface area contributed by atoms with Gasteiger partial charge in [-0.3, -0.25) is 4.79 Å². The van der Waals surface area contributed by atoms with Crippen LogP contribution in [-0.2, 0) is 9.53 Å². The van der Waals surface area contributed by atoms with E-state index in [0.29, 0.717) is 11.4 Å². The van der Waals surface area contributed by atoms with Gasteiger partial charge in [-0.05, 0) is 30.5 Å². The van der Waals surface area contributed by atoms with Crippen molar-refractivity contribution in [2.24, 2.45) is 5.92 Å². The molecule has 0 spiro atoms. The Morgan fingerprint density at radius 1 is 1.19 bits per heavy atom. The third-order valence-corrected chi connectivity index (χ3v) is 3.02. The number of benzene rings is 1. The molecule has 21 heavy (non-hydrogen) atoms. The highest BCUT2D eigenvalue weighted by molar-refractivity contribution is 5.97. The SMILES string of the molecule is COC(=O)N[C@H](C(=O)Nc1cc(C)ccc1OC)C(C)C. The van der Waals surface area contributed by atoms with E-state index in [1.165, 1.54) is 14.2 Å². The van der Waals surface area contributed by atoms with Gasteiger partial charge in [0.1, 0.15) is 11.8 Å². The van der Waals surface area contributed by atoms with Crippen LogP contribution in [0.25, 0.3) is 0 Å². The van der Waals surface area contributed by atoms with Crippen molar-refractivity contribution in [2.45, 2.75) is 26.8 Å². The summed E-state index contributed by atoms with van der Waals surface area (Å²) in [4.78, 5) is 23.7. The van der Waals surface area contributed by atoms with Gasteiger partial charge in [-0.25, -0.2) is 4.79 Å². The number of nitrogens with one attached hydrogen (secondary N) is 2. The van der Waals surface area contributed by atoms with E-state index in [1.54, 1.807) is 6.07 Å². The molecule has 2 N–H and O–H groups in total. The minimum absolute atomic E-state index is 0.0834. The normalized spacial score (nSPS) is 11.7. The van der Waals surface area contributed by atoms with Gasteiger partial charge in [0.25, 0.3) is 0 Å². The van der Waals surface area contributed by atoms with Crippen LogP contribution >= 0.6 is 0 Å². The van der Waals surface area contributed by atoms with Gasteiger partial charge in [0.15, 0.2) is 0 Å². The maximum Gasteiger partial charge on any atom is 0.407 e. The first-order chi connectivity index (χ1) is 9.88. The molecule has 0 unspecified atom stereocenters. The van der Waals surface area contributed by atoms with Gasteiger partial charge >= 0.3 is 6.09 Å². The molecule has 6 heteroatoms. The highest BCUT2D eigenvalue weighted by Crippen LogP contribution is 2.25. The summed E-state index contributed by atoms with van der Waals surface area (Å²) < 4.78 is 9.76. The Morgan fingerprint density at radius 3 is 2.38 bits per heavy atom. The van der Waals surface area contributed by atoms with Crippen molar-refractivity contribution in [1.29, 1.82) is 0 Å². The second-order valence-corrected chi connectivity index (χ2v) is 5.05. The lowest BCUT2D eigenvalue weighted by Crippen LogP contribution is -2.47. The van der Waals surface area contributed by atoms with Crippen molar-refractivity contribution < 1.29 is 19.1 Å². The lowest BCUT2D eigenvalue weighted by molar-refractivity contribution is -0.119. The van der Waals surface area contributed by atoms with Gasteiger partial charge in [0, 0.05) is 0 Å². The fraction of sp³-hybridized carbons (Fsp3) is 0.467. The summed E-state index contributed by atoms with van der Waals surface area (Å²) in [6.07, 6.45) is -0.639. The van der Waals surface area contributed by atoms with Crippen LogP contribution in [0, 0.1) is 12.8 Å². The second-order valence-electron chi connectivity index (χ2n) is 5.05. The van der Waals surface area contributed by atoms with E-state index in [4.69, 9.17) is 4.74 Å². The molecule has 1 atom stereocenters. The van der Waals surface area contributed by atoms with Crippen LogP contribution < -0.4 is 15.4 Å². The number of hydrogen-bond donors (Lipinski definition) is 2. The maximum absolute atomic E-state index is 12.3. The number of hydrogen-bond acceptors (Lipinski definition) is 4. The number of carbonyl (C=O) groups excluding carboxylic acids is 2. The van der Waals surface area contributed by atoms with E-state index in [1.807, 2.05) is 32.9 Å². The van der Waals surface area contributed by atoms with Crippen LogP contribution in [0.2, 0.25) is 0 Å². The van der Waals surface area contributed by atoms with Gasteiger partial charge in [-0.15, -0.1) is 0 Å². The predicted molar refractivity (Wildman–Crippen MR) is 80.5 cm³/mol. The first kappa shape index (κ1) is 16.8. The molecule has 0 radical (unpaired) electrons. The van der Waals surface area contributed by atoms with E-state index in [-0.39, 0.29) is 11.8 Å². The topological polar surface area (TPSA) is 76.7 Å². The number of aryl methyl sites for hydroxylation is 1. The molecule has 0 heterocycles. The Balaban J connectivity index is 2.91. The summed E-state index contributed by atoms with van der Waals surface area (Å²) >= 11 is 0. The highest BCUT2D eigenvalue weighted by Gasteiger charge is 2.25. The molecule has 6 nitrogen and oxygen atoms in total. The molecular weight excluding hydrogens is 272 g/mol. The van der Waals surface area contributed by atoms with E-state index in [0.717, 1.165) is 5.56 Å². The third-order valence-electron chi connectivity index (χ3n) is 3.02. The number of amides is 2. The predicted octanol–water partition coefficient (Wildman–Crippen LogP) is 2.32. The van der Waals surface area contributed by atoms with Crippen molar-refractivity contribution in [2.75, 3.05) is 19.5 Å². The van der Waals surface area contributed by atoms with E-state index < -0.39 is 12.1 Å². The van der Waals surface area contributed by atoms with Crippen LogP contribution in [0.4, 0.5) is 10.5 Å². The zero-order chi connectivity index (χ0) is 16.0. The highest BCUT2D eigenvalue weighted by atomic mass is 16.5.